The molecule has 0 aliphatic rings. The van der Waals surface area contributed by atoms with E-state index in [1.54, 1.807) is 0 Å². The third-order valence-electron chi connectivity index (χ3n) is 2.90. The third kappa shape index (κ3) is 2.83. The highest BCUT2D eigenvalue weighted by Crippen LogP contribution is 2.24. The van der Waals surface area contributed by atoms with E-state index in [2.05, 4.69) is 0 Å². The van der Waals surface area contributed by atoms with Crippen molar-refractivity contribution in [3.8, 4) is 0 Å². The van der Waals surface area contributed by atoms with Crippen LogP contribution in [0.15, 0.2) is 24.3 Å². The molecule has 1 rings (SSSR count). The Hall–Kier alpha value is -0.870. The summed E-state index contributed by atoms with van der Waals surface area (Å²) >= 11 is 0. The van der Waals surface area contributed by atoms with Crippen LogP contribution in [0.25, 0.3) is 0 Å². The van der Waals surface area contributed by atoms with Crippen molar-refractivity contribution in [2.45, 2.75) is 31.6 Å². The molecule has 0 unspecified atom stereocenters. The highest BCUT2D eigenvalue weighted by atomic mass is 32.2. The van der Waals surface area contributed by atoms with E-state index in [0.29, 0.717) is 6.42 Å². The van der Waals surface area contributed by atoms with Crippen molar-refractivity contribution in [3.05, 3.63) is 35.4 Å². The fraction of sp³-hybridized carbons (Fsp3) is 0.500. The summed E-state index contributed by atoms with van der Waals surface area (Å²) in [6.07, 6.45) is 1.79. The monoisotopic (exact) mass is 241 g/mol. The number of hydrogen-bond acceptors (Lipinski definition) is 3. The molecule has 0 aromatic heterocycles. The predicted octanol–water partition coefficient (Wildman–Crippen LogP) is 1.82. The van der Waals surface area contributed by atoms with Crippen LogP contribution in [0.5, 0.6) is 0 Å². The van der Waals surface area contributed by atoms with Crippen molar-refractivity contribution < 1.29 is 8.42 Å². The van der Waals surface area contributed by atoms with Gasteiger partial charge in [0.25, 0.3) is 0 Å². The van der Waals surface area contributed by atoms with Gasteiger partial charge in [-0.3, -0.25) is 0 Å². The van der Waals surface area contributed by atoms with E-state index >= 15 is 0 Å². The van der Waals surface area contributed by atoms with Crippen LogP contribution in [-0.2, 0) is 9.84 Å². The molecule has 2 N–H and O–H groups in total. The van der Waals surface area contributed by atoms with E-state index < -0.39 is 21.1 Å². The topological polar surface area (TPSA) is 60.2 Å². The molecular formula is C12H19NO2S. The zero-order chi connectivity index (χ0) is 12.3. The molecule has 16 heavy (non-hydrogen) atoms. The van der Waals surface area contributed by atoms with E-state index in [4.69, 9.17) is 5.73 Å². The Balaban J connectivity index is 3.10. The van der Waals surface area contributed by atoms with Crippen LogP contribution in [0, 0.1) is 6.92 Å². The predicted molar refractivity (Wildman–Crippen MR) is 67.0 cm³/mol. The van der Waals surface area contributed by atoms with Gasteiger partial charge < -0.3 is 5.73 Å². The average Bonchev–Trinajstić information content (AvgIpc) is 2.17. The quantitative estimate of drug-likeness (QED) is 0.874. The first kappa shape index (κ1) is 13.2. The summed E-state index contributed by atoms with van der Waals surface area (Å²) in [6, 6.07) is 7.21. The minimum absolute atomic E-state index is 0.443. The van der Waals surface area contributed by atoms with Crippen molar-refractivity contribution in [1.29, 1.82) is 0 Å². The summed E-state index contributed by atoms with van der Waals surface area (Å²) in [7, 11) is -3.10. The van der Waals surface area contributed by atoms with Crippen molar-refractivity contribution in [2.24, 2.45) is 5.73 Å². The molecule has 0 radical (unpaired) electrons. The van der Waals surface area contributed by atoms with E-state index in [9.17, 15) is 8.42 Å². The number of aryl methyl sites for hydroxylation is 1. The molecule has 0 saturated heterocycles. The van der Waals surface area contributed by atoms with Gasteiger partial charge in [-0.15, -0.1) is 0 Å². The minimum Gasteiger partial charge on any atom is -0.323 e. The van der Waals surface area contributed by atoms with E-state index in [1.807, 2.05) is 38.1 Å². The summed E-state index contributed by atoms with van der Waals surface area (Å²) in [6.45, 7) is 3.80. The molecule has 1 aromatic carbocycles. The molecule has 0 amide bonds. The lowest BCUT2D eigenvalue weighted by Crippen LogP contribution is -2.33. The minimum atomic E-state index is -3.10. The Morgan fingerprint density at radius 2 is 1.88 bits per heavy atom. The molecule has 90 valence electrons. The van der Waals surface area contributed by atoms with Gasteiger partial charge >= 0.3 is 0 Å². The molecule has 4 heteroatoms. The summed E-state index contributed by atoms with van der Waals surface area (Å²) in [5.41, 5.74) is 8.01. The Labute approximate surface area is 97.6 Å². The number of sulfone groups is 1. The van der Waals surface area contributed by atoms with Crippen LogP contribution in [-0.4, -0.2) is 19.9 Å². The van der Waals surface area contributed by atoms with E-state index in [-0.39, 0.29) is 0 Å². The van der Waals surface area contributed by atoms with Crippen LogP contribution < -0.4 is 5.73 Å². The standard InChI is InChI=1S/C12H19NO2S/c1-4-11(16(3,14)15)12(13)10-8-6-5-7-9(10)2/h5-8,11-12H,4,13H2,1-3H3/t11-,12+/m0/s1. The molecule has 1 aromatic rings. The van der Waals surface area contributed by atoms with Gasteiger partial charge in [0.2, 0.25) is 0 Å². The van der Waals surface area contributed by atoms with Crippen molar-refractivity contribution in [1.82, 2.24) is 0 Å². The molecule has 0 aliphatic carbocycles. The zero-order valence-corrected chi connectivity index (χ0v) is 10.8. The first-order valence-corrected chi connectivity index (χ1v) is 7.33. The molecule has 0 aliphatic heterocycles. The largest absolute Gasteiger partial charge is 0.323 e. The Morgan fingerprint density at radius 1 is 1.31 bits per heavy atom. The second kappa shape index (κ2) is 4.97. The maximum absolute atomic E-state index is 11.6. The molecule has 0 spiro atoms. The first-order chi connectivity index (χ1) is 7.38. The number of hydrogen-bond donors (Lipinski definition) is 1. The fourth-order valence-corrected chi connectivity index (χ4v) is 3.27. The van der Waals surface area contributed by atoms with Crippen LogP contribution in [0.4, 0.5) is 0 Å². The average molecular weight is 241 g/mol. The lowest BCUT2D eigenvalue weighted by atomic mass is 9.98. The van der Waals surface area contributed by atoms with Gasteiger partial charge in [0.1, 0.15) is 0 Å². The van der Waals surface area contributed by atoms with Gasteiger partial charge in [0.05, 0.1) is 5.25 Å². The van der Waals surface area contributed by atoms with Crippen LogP contribution in [0.3, 0.4) is 0 Å². The smallest absolute Gasteiger partial charge is 0.152 e. The summed E-state index contributed by atoms with van der Waals surface area (Å²) in [4.78, 5) is 0. The first-order valence-electron chi connectivity index (χ1n) is 5.38. The number of rotatable bonds is 4. The number of nitrogens with two attached hydrogens (primary N) is 1. The van der Waals surface area contributed by atoms with Crippen molar-refractivity contribution >= 4 is 9.84 Å². The zero-order valence-electron chi connectivity index (χ0n) is 9.97. The Kier molecular flexibility index (Phi) is 4.10. The highest BCUT2D eigenvalue weighted by Gasteiger charge is 2.27. The van der Waals surface area contributed by atoms with Gasteiger partial charge in [0.15, 0.2) is 9.84 Å². The normalized spacial score (nSPS) is 15.8. The van der Waals surface area contributed by atoms with Crippen molar-refractivity contribution in [2.75, 3.05) is 6.26 Å². The molecule has 0 heterocycles. The molecule has 3 nitrogen and oxygen atoms in total. The van der Waals surface area contributed by atoms with Crippen molar-refractivity contribution in [3.63, 3.8) is 0 Å². The van der Waals surface area contributed by atoms with Crippen LogP contribution >= 0.6 is 0 Å². The summed E-state index contributed by atoms with van der Waals surface area (Å²) in [5, 5.41) is -0.506. The lowest BCUT2D eigenvalue weighted by Gasteiger charge is -2.22. The molecule has 0 saturated carbocycles. The van der Waals surface area contributed by atoms with Gasteiger partial charge in [-0.25, -0.2) is 8.42 Å². The van der Waals surface area contributed by atoms with E-state index in [0.717, 1.165) is 11.1 Å². The Bertz CT molecular complexity index is 454. The lowest BCUT2D eigenvalue weighted by molar-refractivity contribution is 0.552. The van der Waals surface area contributed by atoms with Gasteiger partial charge in [-0.05, 0) is 24.5 Å². The highest BCUT2D eigenvalue weighted by molar-refractivity contribution is 7.91. The molecule has 0 bridgehead atoms. The SMILES string of the molecule is CC[C@@H]([C@H](N)c1ccccc1C)S(C)(=O)=O. The maximum atomic E-state index is 11.6. The van der Waals surface area contributed by atoms with E-state index in [1.165, 1.54) is 6.26 Å². The second-order valence-corrected chi connectivity index (χ2v) is 6.42. The van der Waals surface area contributed by atoms with Gasteiger partial charge in [-0.2, -0.15) is 0 Å². The van der Waals surface area contributed by atoms with Crippen LogP contribution in [0.1, 0.15) is 30.5 Å². The Morgan fingerprint density at radius 3 is 2.31 bits per heavy atom. The molecule has 0 fully saturated rings. The van der Waals surface area contributed by atoms with Gasteiger partial charge in [0, 0.05) is 12.3 Å². The molecule has 2 atom stereocenters. The van der Waals surface area contributed by atoms with Crippen LogP contribution in [0.2, 0.25) is 0 Å². The fourth-order valence-electron chi connectivity index (χ4n) is 1.98. The summed E-state index contributed by atoms with van der Waals surface area (Å²) in [5.74, 6) is 0. The number of benzene rings is 1. The summed E-state index contributed by atoms with van der Waals surface area (Å²) < 4.78 is 23.2. The maximum Gasteiger partial charge on any atom is 0.152 e. The third-order valence-corrected chi connectivity index (χ3v) is 4.63. The second-order valence-electron chi connectivity index (χ2n) is 4.16. The molecular weight excluding hydrogens is 222 g/mol. The van der Waals surface area contributed by atoms with Gasteiger partial charge in [-0.1, -0.05) is 31.2 Å².